The number of aryl methyl sites for hydroxylation is 2. The highest BCUT2D eigenvalue weighted by Gasteiger charge is 2.23. The average molecular weight is 471 g/mol. The summed E-state index contributed by atoms with van der Waals surface area (Å²) in [5, 5.41) is 0. The van der Waals surface area contributed by atoms with Crippen molar-refractivity contribution in [1.29, 1.82) is 0 Å². The maximum atomic E-state index is 12.1. The van der Waals surface area contributed by atoms with Crippen LogP contribution in [0.25, 0.3) is 0 Å². The standard InChI is InChI=1S/C18H24N5O4PS2/c1-12-16(29-10-21-12)4-6-26-28(24,25)27-7-5-17-13(2)23(11-30-17)9-15-8-20-14(3)22-18(15)19/h8,10-11H,4-7,9H2,1-3H3,(H2-,19,20,22,24,25)/p+1. The average Bonchev–Trinajstić information content (AvgIpc) is 3.24. The van der Waals surface area contributed by atoms with Crippen molar-refractivity contribution < 1.29 is 23.1 Å². The molecule has 0 fully saturated rings. The van der Waals surface area contributed by atoms with Crippen molar-refractivity contribution in [3.8, 4) is 0 Å². The second kappa shape index (κ2) is 10.0. The van der Waals surface area contributed by atoms with E-state index in [9.17, 15) is 9.46 Å². The fraction of sp³-hybridized carbons (Fsp3) is 0.444. The predicted octanol–water partition coefficient (Wildman–Crippen LogP) is 2.76. The van der Waals surface area contributed by atoms with Gasteiger partial charge in [0.2, 0.25) is 5.51 Å². The third-order valence-electron chi connectivity index (χ3n) is 4.53. The van der Waals surface area contributed by atoms with Crippen LogP contribution in [0.2, 0.25) is 0 Å². The molecule has 162 valence electrons. The Morgan fingerprint density at radius 2 is 1.83 bits per heavy atom. The molecule has 0 saturated heterocycles. The molecule has 12 heteroatoms. The highest BCUT2D eigenvalue weighted by Crippen LogP contribution is 2.43. The summed E-state index contributed by atoms with van der Waals surface area (Å²) in [7, 11) is -4.09. The number of nitrogens with zero attached hydrogens (tertiary/aromatic N) is 4. The molecule has 1 atom stereocenters. The summed E-state index contributed by atoms with van der Waals surface area (Å²) >= 11 is 3.06. The van der Waals surface area contributed by atoms with E-state index in [0.29, 0.717) is 31.0 Å². The van der Waals surface area contributed by atoms with Crippen LogP contribution in [0.4, 0.5) is 5.82 Å². The Bertz CT molecular complexity index is 1060. The number of hydrogen-bond donors (Lipinski definition) is 2. The molecule has 0 aliphatic carbocycles. The third kappa shape index (κ3) is 6.13. The van der Waals surface area contributed by atoms with Crippen LogP contribution < -0.4 is 10.3 Å². The first-order valence-electron chi connectivity index (χ1n) is 9.30. The Labute approximate surface area is 183 Å². The summed E-state index contributed by atoms with van der Waals surface area (Å²) in [6.07, 6.45) is 2.77. The number of rotatable bonds is 10. The number of nitrogens with two attached hydrogens (primary N) is 1. The highest BCUT2D eigenvalue weighted by atomic mass is 32.1. The van der Waals surface area contributed by atoms with E-state index in [2.05, 4.69) is 19.5 Å². The smallest absolute Gasteiger partial charge is 0.383 e. The number of hydrogen-bond acceptors (Lipinski definition) is 9. The van der Waals surface area contributed by atoms with Gasteiger partial charge in [0.1, 0.15) is 11.6 Å². The molecule has 0 bridgehead atoms. The highest BCUT2D eigenvalue weighted by molar-refractivity contribution is 7.47. The maximum Gasteiger partial charge on any atom is 0.472 e. The van der Waals surface area contributed by atoms with Gasteiger partial charge in [0.15, 0.2) is 12.2 Å². The Morgan fingerprint density at radius 3 is 2.47 bits per heavy atom. The van der Waals surface area contributed by atoms with Crippen LogP contribution in [-0.4, -0.2) is 33.1 Å². The molecule has 30 heavy (non-hydrogen) atoms. The number of phosphoric acid groups is 1. The lowest BCUT2D eigenvalue weighted by molar-refractivity contribution is -0.689. The van der Waals surface area contributed by atoms with Gasteiger partial charge in [-0.1, -0.05) is 11.3 Å². The van der Waals surface area contributed by atoms with E-state index < -0.39 is 7.82 Å². The molecule has 0 amide bonds. The zero-order chi connectivity index (χ0) is 21.7. The van der Waals surface area contributed by atoms with Crippen molar-refractivity contribution >= 4 is 36.3 Å². The predicted molar refractivity (Wildman–Crippen MR) is 116 cm³/mol. The second-order valence-electron chi connectivity index (χ2n) is 6.68. The molecule has 3 heterocycles. The van der Waals surface area contributed by atoms with E-state index in [1.165, 1.54) is 11.3 Å². The summed E-state index contributed by atoms with van der Waals surface area (Å²) in [6, 6.07) is 0. The Balaban J connectivity index is 1.48. The quantitative estimate of drug-likeness (QED) is 0.342. The Morgan fingerprint density at radius 1 is 1.13 bits per heavy atom. The first kappa shape index (κ1) is 22.9. The summed E-state index contributed by atoms with van der Waals surface area (Å²) in [4.78, 5) is 24.5. The van der Waals surface area contributed by atoms with Gasteiger partial charge < -0.3 is 10.6 Å². The van der Waals surface area contributed by atoms with Crippen molar-refractivity contribution in [3.63, 3.8) is 0 Å². The van der Waals surface area contributed by atoms with Crippen LogP contribution in [0, 0.1) is 20.8 Å². The molecule has 0 saturated carbocycles. The molecule has 9 nitrogen and oxygen atoms in total. The fourth-order valence-corrected chi connectivity index (χ4v) is 5.23. The minimum absolute atomic E-state index is 0.0878. The molecule has 3 aromatic rings. The molecule has 0 radical (unpaired) electrons. The maximum absolute atomic E-state index is 12.1. The van der Waals surface area contributed by atoms with Crippen molar-refractivity contribution in [1.82, 2.24) is 15.0 Å². The molecule has 3 N–H and O–H groups in total. The first-order valence-corrected chi connectivity index (χ1v) is 12.6. The third-order valence-corrected chi connectivity index (χ3v) is 7.68. The topological polar surface area (TPSA) is 124 Å². The van der Waals surface area contributed by atoms with Gasteiger partial charge in [-0.25, -0.2) is 19.5 Å². The first-order chi connectivity index (χ1) is 14.2. The lowest BCUT2D eigenvalue weighted by Crippen LogP contribution is -2.35. The molecule has 0 aromatic carbocycles. The number of anilines is 1. The summed E-state index contributed by atoms with van der Waals surface area (Å²) in [6.45, 7) is 6.44. The lowest BCUT2D eigenvalue weighted by atomic mass is 10.2. The van der Waals surface area contributed by atoms with Crippen molar-refractivity contribution in [2.75, 3.05) is 18.9 Å². The minimum atomic E-state index is -4.09. The largest absolute Gasteiger partial charge is 0.472 e. The minimum Gasteiger partial charge on any atom is -0.383 e. The van der Waals surface area contributed by atoms with E-state index in [1.807, 2.05) is 19.4 Å². The fourth-order valence-electron chi connectivity index (χ4n) is 2.78. The molecule has 0 spiro atoms. The van der Waals surface area contributed by atoms with Gasteiger partial charge in [-0.3, -0.25) is 9.05 Å². The van der Waals surface area contributed by atoms with E-state index in [1.54, 1.807) is 30.0 Å². The van der Waals surface area contributed by atoms with Crippen LogP contribution in [0.5, 0.6) is 0 Å². The summed E-state index contributed by atoms with van der Waals surface area (Å²) in [5.41, 5.74) is 12.5. The SMILES string of the molecule is Cc1ncc(C[n+]2csc(CCOP(=O)(O)OCCc3scnc3C)c2C)c(N)n1. The number of thiazole rings is 2. The van der Waals surface area contributed by atoms with Gasteiger partial charge in [0, 0.05) is 30.8 Å². The van der Waals surface area contributed by atoms with Crippen LogP contribution in [0.15, 0.2) is 17.2 Å². The Kier molecular flexibility index (Phi) is 7.67. The van der Waals surface area contributed by atoms with E-state index in [-0.39, 0.29) is 13.2 Å². The van der Waals surface area contributed by atoms with E-state index in [4.69, 9.17) is 14.8 Å². The Hall–Kier alpha value is -1.75. The molecule has 3 rings (SSSR count). The molecule has 0 aliphatic rings. The summed E-state index contributed by atoms with van der Waals surface area (Å²) < 4.78 is 24.3. The monoisotopic (exact) mass is 470 g/mol. The molecular weight excluding hydrogens is 445 g/mol. The van der Waals surface area contributed by atoms with Crippen molar-refractivity contribution in [3.05, 3.63) is 49.7 Å². The van der Waals surface area contributed by atoms with Gasteiger partial charge in [-0.05, 0) is 13.8 Å². The molecule has 0 aliphatic heterocycles. The zero-order valence-corrected chi connectivity index (χ0v) is 19.6. The van der Waals surface area contributed by atoms with Crippen LogP contribution in [0.1, 0.15) is 32.5 Å². The zero-order valence-electron chi connectivity index (χ0n) is 17.1. The van der Waals surface area contributed by atoms with Gasteiger partial charge >= 0.3 is 7.82 Å². The number of phosphoric ester groups is 1. The molecule has 1 unspecified atom stereocenters. The summed E-state index contributed by atoms with van der Waals surface area (Å²) in [5.74, 6) is 1.11. The molecule has 3 aromatic heterocycles. The van der Waals surface area contributed by atoms with Gasteiger partial charge in [0.05, 0.1) is 34.9 Å². The van der Waals surface area contributed by atoms with Crippen molar-refractivity contribution in [2.45, 2.75) is 40.2 Å². The van der Waals surface area contributed by atoms with Crippen LogP contribution in [-0.2, 0) is 33.0 Å². The van der Waals surface area contributed by atoms with Crippen LogP contribution in [0.3, 0.4) is 0 Å². The van der Waals surface area contributed by atoms with Gasteiger partial charge in [-0.2, -0.15) is 4.57 Å². The molecular formula is C18H25N5O4PS2+. The lowest BCUT2D eigenvalue weighted by Gasteiger charge is -2.11. The van der Waals surface area contributed by atoms with Gasteiger partial charge in [-0.15, -0.1) is 11.3 Å². The number of aromatic nitrogens is 4. The van der Waals surface area contributed by atoms with Crippen molar-refractivity contribution in [2.24, 2.45) is 0 Å². The van der Waals surface area contributed by atoms with E-state index >= 15 is 0 Å². The second-order valence-corrected chi connectivity index (χ2v) is 10.0. The van der Waals surface area contributed by atoms with E-state index in [0.717, 1.165) is 26.7 Å². The normalized spacial score (nSPS) is 13.5. The van der Waals surface area contributed by atoms with Crippen LogP contribution >= 0.6 is 30.5 Å². The number of nitrogen functional groups attached to an aromatic ring is 1. The van der Waals surface area contributed by atoms with Gasteiger partial charge in [0.25, 0.3) is 0 Å².